The predicted molar refractivity (Wildman–Crippen MR) is 78.6 cm³/mol. The molecule has 1 unspecified atom stereocenters. The zero-order valence-corrected chi connectivity index (χ0v) is 12.6. The van der Waals surface area contributed by atoms with Gasteiger partial charge in [-0.1, -0.05) is 0 Å². The third-order valence-corrected chi connectivity index (χ3v) is 7.32. The van der Waals surface area contributed by atoms with Gasteiger partial charge in [-0.05, 0) is 25.0 Å². The molecule has 106 valence electrons. The molecule has 0 radical (unpaired) electrons. The van der Waals surface area contributed by atoms with Gasteiger partial charge in [0.05, 0.1) is 17.1 Å². The summed E-state index contributed by atoms with van der Waals surface area (Å²) in [7, 11) is 1.36. The van der Waals surface area contributed by atoms with E-state index in [2.05, 4.69) is 0 Å². The summed E-state index contributed by atoms with van der Waals surface area (Å²) >= 11 is 3.36. The minimum Gasteiger partial charge on any atom is -0.469 e. The number of hydrogen-bond donors (Lipinski definition) is 0. The summed E-state index contributed by atoms with van der Waals surface area (Å²) in [5.41, 5.74) is 1.14. The average molecular weight is 310 g/mol. The first-order valence-electron chi connectivity index (χ1n) is 6.43. The molecule has 4 nitrogen and oxygen atoms in total. The van der Waals surface area contributed by atoms with Gasteiger partial charge in [-0.3, -0.25) is 14.4 Å². The van der Waals surface area contributed by atoms with Crippen molar-refractivity contribution < 1.29 is 19.1 Å². The lowest BCUT2D eigenvalue weighted by atomic mass is 9.77. The number of thioether (sulfide) groups is 2. The molecule has 0 aromatic rings. The molecule has 2 aliphatic carbocycles. The Morgan fingerprint density at radius 1 is 1.25 bits per heavy atom. The van der Waals surface area contributed by atoms with Gasteiger partial charge in [0, 0.05) is 22.7 Å². The number of carbonyl (C=O) groups is 3. The van der Waals surface area contributed by atoms with Crippen molar-refractivity contribution in [2.24, 2.45) is 5.92 Å². The molecule has 0 N–H and O–H groups in total. The van der Waals surface area contributed by atoms with E-state index >= 15 is 0 Å². The SMILES string of the molecule is COC(=O)C1CC2=C(C(=O)C=CC2=O)C2(C1)SCCS2. The molecular formula is C14H14O4S2. The van der Waals surface area contributed by atoms with Crippen molar-refractivity contribution in [2.75, 3.05) is 18.6 Å². The first-order chi connectivity index (χ1) is 9.57. The molecular weight excluding hydrogens is 296 g/mol. The highest BCUT2D eigenvalue weighted by molar-refractivity contribution is 8.21. The summed E-state index contributed by atoms with van der Waals surface area (Å²) in [5, 5.41) is 0. The van der Waals surface area contributed by atoms with E-state index in [0.717, 1.165) is 11.5 Å². The van der Waals surface area contributed by atoms with E-state index in [1.807, 2.05) is 0 Å². The molecule has 0 aromatic carbocycles. The minimum atomic E-state index is -0.441. The van der Waals surface area contributed by atoms with Crippen LogP contribution in [0, 0.1) is 5.92 Å². The van der Waals surface area contributed by atoms with Crippen LogP contribution >= 0.6 is 23.5 Å². The molecule has 1 heterocycles. The van der Waals surface area contributed by atoms with Crippen LogP contribution in [0.25, 0.3) is 0 Å². The van der Waals surface area contributed by atoms with Crippen LogP contribution in [-0.4, -0.2) is 40.2 Å². The summed E-state index contributed by atoms with van der Waals surface area (Å²) in [6.45, 7) is 0. The Hall–Kier alpha value is -1.01. The second-order valence-electron chi connectivity index (χ2n) is 4.99. The smallest absolute Gasteiger partial charge is 0.309 e. The van der Waals surface area contributed by atoms with E-state index in [1.165, 1.54) is 19.3 Å². The highest BCUT2D eigenvalue weighted by atomic mass is 32.2. The number of hydrogen-bond acceptors (Lipinski definition) is 6. The van der Waals surface area contributed by atoms with Gasteiger partial charge in [-0.2, -0.15) is 0 Å². The highest BCUT2D eigenvalue weighted by Gasteiger charge is 2.51. The van der Waals surface area contributed by atoms with E-state index in [4.69, 9.17) is 4.74 Å². The number of methoxy groups -OCH3 is 1. The summed E-state index contributed by atoms with van der Waals surface area (Å²) in [6, 6.07) is 0. The second-order valence-corrected chi connectivity index (χ2v) is 8.04. The maximum absolute atomic E-state index is 12.2. The molecule has 1 spiro atoms. The molecule has 3 rings (SSSR count). The zero-order valence-electron chi connectivity index (χ0n) is 11.0. The third kappa shape index (κ3) is 2.05. The van der Waals surface area contributed by atoms with Crippen LogP contribution in [0.3, 0.4) is 0 Å². The molecule has 0 bridgehead atoms. The van der Waals surface area contributed by atoms with E-state index in [1.54, 1.807) is 23.5 Å². The van der Waals surface area contributed by atoms with Gasteiger partial charge < -0.3 is 4.74 Å². The highest BCUT2D eigenvalue weighted by Crippen LogP contribution is 2.57. The van der Waals surface area contributed by atoms with Crippen LogP contribution in [0.1, 0.15) is 12.8 Å². The van der Waals surface area contributed by atoms with Crippen LogP contribution in [0.15, 0.2) is 23.3 Å². The number of fused-ring (bicyclic) bond motifs is 1. The van der Waals surface area contributed by atoms with Crippen molar-refractivity contribution >= 4 is 41.1 Å². The normalized spacial score (nSPS) is 27.9. The topological polar surface area (TPSA) is 60.4 Å². The number of ether oxygens (including phenoxy) is 1. The summed E-state index contributed by atoms with van der Waals surface area (Å²) in [4.78, 5) is 36.2. The lowest BCUT2D eigenvalue weighted by Gasteiger charge is -2.38. The van der Waals surface area contributed by atoms with E-state index in [-0.39, 0.29) is 23.5 Å². The van der Waals surface area contributed by atoms with Gasteiger partial charge in [-0.25, -0.2) is 0 Å². The van der Waals surface area contributed by atoms with Crippen LogP contribution in [0.4, 0.5) is 0 Å². The van der Waals surface area contributed by atoms with Gasteiger partial charge >= 0.3 is 5.97 Å². The fourth-order valence-electron chi connectivity index (χ4n) is 3.02. The molecule has 3 aliphatic rings. The predicted octanol–water partition coefficient (Wildman–Crippen LogP) is 1.75. The maximum Gasteiger partial charge on any atom is 0.309 e. The minimum absolute atomic E-state index is 0.0789. The monoisotopic (exact) mass is 310 g/mol. The summed E-state index contributed by atoms with van der Waals surface area (Å²) < 4.78 is 4.40. The zero-order chi connectivity index (χ0) is 14.3. The Labute approximate surface area is 125 Å². The second kappa shape index (κ2) is 5.07. The number of rotatable bonds is 1. The van der Waals surface area contributed by atoms with Crippen LogP contribution < -0.4 is 0 Å². The molecule has 1 atom stereocenters. The Kier molecular flexibility index (Phi) is 3.54. The number of carbonyl (C=O) groups excluding carboxylic acids is 3. The number of ketones is 2. The van der Waals surface area contributed by atoms with Gasteiger partial charge in [-0.15, -0.1) is 23.5 Å². The van der Waals surface area contributed by atoms with Crippen LogP contribution in [0.5, 0.6) is 0 Å². The Morgan fingerprint density at radius 2 is 1.90 bits per heavy atom. The molecule has 1 fully saturated rings. The van der Waals surface area contributed by atoms with E-state index < -0.39 is 4.08 Å². The molecule has 6 heteroatoms. The largest absolute Gasteiger partial charge is 0.469 e. The van der Waals surface area contributed by atoms with Crippen molar-refractivity contribution in [3.8, 4) is 0 Å². The quantitative estimate of drug-likeness (QED) is 0.543. The van der Waals surface area contributed by atoms with Gasteiger partial charge in [0.2, 0.25) is 0 Å². The van der Waals surface area contributed by atoms with Gasteiger partial charge in [0.1, 0.15) is 0 Å². The van der Waals surface area contributed by atoms with Crippen molar-refractivity contribution in [1.82, 2.24) is 0 Å². The molecule has 1 aliphatic heterocycles. The lowest BCUT2D eigenvalue weighted by molar-refractivity contribution is -0.146. The summed E-state index contributed by atoms with van der Waals surface area (Å²) in [5.74, 6) is 1.02. The Bertz CT molecular complexity index is 556. The van der Waals surface area contributed by atoms with Gasteiger partial charge in [0.15, 0.2) is 11.6 Å². The van der Waals surface area contributed by atoms with Gasteiger partial charge in [0.25, 0.3) is 0 Å². The van der Waals surface area contributed by atoms with Crippen molar-refractivity contribution in [1.29, 1.82) is 0 Å². The molecule has 0 amide bonds. The average Bonchev–Trinajstić information content (AvgIpc) is 2.90. The molecule has 0 saturated carbocycles. The van der Waals surface area contributed by atoms with E-state index in [0.29, 0.717) is 24.0 Å². The number of esters is 1. The Balaban J connectivity index is 2.08. The molecule has 0 aromatic heterocycles. The van der Waals surface area contributed by atoms with Crippen molar-refractivity contribution in [3.63, 3.8) is 0 Å². The molecule has 1 saturated heterocycles. The standard InChI is InChI=1S/C14H14O4S2/c1-18-13(17)8-6-9-10(15)2-3-11(16)12(9)14(7-8)19-4-5-20-14/h2-3,8H,4-7H2,1H3. The van der Waals surface area contributed by atoms with Crippen molar-refractivity contribution in [3.05, 3.63) is 23.3 Å². The summed E-state index contributed by atoms with van der Waals surface area (Å²) in [6.07, 6.45) is 3.57. The van der Waals surface area contributed by atoms with Crippen LogP contribution in [-0.2, 0) is 19.1 Å². The van der Waals surface area contributed by atoms with Crippen molar-refractivity contribution in [2.45, 2.75) is 16.9 Å². The van der Waals surface area contributed by atoms with E-state index in [9.17, 15) is 14.4 Å². The first kappa shape index (κ1) is 13.9. The lowest BCUT2D eigenvalue weighted by Crippen LogP contribution is -2.39. The van der Waals surface area contributed by atoms with Crippen LogP contribution in [0.2, 0.25) is 0 Å². The third-order valence-electron chi connectivity index (χ3n) is 3.87. The first-order valence-corrected chi connectivity index (χ1v) is 8.40. The fourth-order valence-corrected chi connectivity index (χ4v) is 6.56. The Morgan fingerprint density at radius 3 is 2.55 bits per heavy atom. The maximum atomic E-state index is 12.2. The molecule has 20 heavy (non-hydrogen) atoms. The number of allylic oxidation sites excluding steroid dienone is 3. The fraction of sp³-hybridized carbons (Fsp3) is 0.500.